The maximum Gasteiger partial charge on any atom is 0.125 e. The first kappa shape index (κ1) is 12.3. The fourth-order valence-electron chi connectivity index (χ4n) is 2.80. The smallest absolute Gasteiger partial charge is 0.125 e. The summed E-state index contributed by atoms with van der Waals surface area (Å²) in [5.41, 5.74) is 2.13. The molecule has 18 heavy (non-hydrogen) atoms. The summed E-state index contributed by atoms with van der Waals surface area (Å²) in [5.74, 6) is 2.09. The first-order chi connectivity index (χ1) is 8.54. The normalized spacial score (nSPS) is 16.4. The summed E-state index contributed by atoms with van der Waals surface area (Å²) in [6.45, 7) is 4.53. The SMILES string of the molecule is CC(C)(C1CC1)n1c(CCl)nc2ccc(Cl)cc21. The van der Waals surface area contributed by atoms with E-state index in [0.29, 0.717) is 5.88 Å². The number of hydrogen-bond donors (Lipinski definition) is 0. The largest absolute Gasteiger partial charge is 0.321 e. The molecule has 0 unspecified atom stereocenters. The van der Waals surface area contributed by atoms with Gasteiger partial charge in [0.2, 0.25) is 0 Å². The van der Waals surface area contributed by atoms with Crippen LogP contribution in [0.25, 0.3) is 11.0 Å². The number of rotatable bonds is 3. The molecule has 4 heteroatoms. The van der Waals surface area contributed by atoms with E-state index >= 15 is 0 Å². The molecule has 0 atom stereocenters. The van der Waals surface area contributed by atoms with Gasteiger partial charge < -0.3 is 4.57 Å². The average molecular weight is 283 g/mol. The predicted octanol–water partition coefficient (Wildman–Crippen LogP) is 4.57. The van der Waals surface area contributed by atoms with Crippen molar-refractivity contribution in [2.24, 2.45) is 5.92 Å². The van der Waals surface area contributed by atoms with Crippen LogP contribution in [0.5, 0.6) is 0 Å². The number of alkyl halides is 1. The Morgan fingerprint density at radius 1 is 1.39 bits per heavy atom. The van der Waals surface area contributed by atoms with E-state index in [2.05, 4.69) is 23.4 Å². The van der Waals surface area contributed by atoms with E-state index in [-0.39, 0.29) is 5.54 Å². The third-order valence-electron chi connectivity index (χ3n) is 3.96. The van der Waals surface area contributed by atoms with E-state index in [0.717, 1.165) is 27.8 Å². The molecule has 0 saturated heterocycles. The van der Waals surface area contributed by atoms with Gasteiger partial charge in [-0.3, -0.25) is 0 Å². The summed E-state index contributed by atoms with van der Waals surface area (Å²) < 4.78 is 2.28. The lowest BCUT2D eigenvalue weighted by Crippen LogP contribution is -2.30. The van der Waals surface area contributed by atoms with Gasteiger partial charge in [-0.05, 0) is 50.8 Å². The van der Waals surface area contributed by atoms with E-state index in [4.69, 9.17) is 23.2 Å². The summed E-state index contributed by atoms with van der Waals surface area (Å²) >= 11 is 12.2. The molecule has 0 aliphatic heterocycles. The predicted molar refractivity (Wildman–Crippen MR) is 76.3 cm³/mol. The summed E-state index contributed by atoms with van der Waals surface area (Å²) in [6, 6.07) is 5.83. The van der Waals surface area contributed by atoms with Crippen molar-refractivity contribution in [3.8, 4) is 0 Å². The number of fused-ring (bicyclic) bond motifs is 1. The molecule has 3 rings (SSSR count). The number of imidazole rings is 1. The number of nitrogens with zero attached hydrogens (tertiary/aromatic N) is 2. The van der Waals surface area contributed by atoms with Crippen LogP contribution in [-0.2, 0) is 11.4 Å². The molecule has 1 aromatic heterocycles. The highest BCUT2D eigenvalue weighted by Gasteiger charge is 2.40. The quantitative estimate of drug-likeness (QED) is 0.754. The van der Waals surface area contributed by atoms with Crippen LogP contribution in [-0.4, -0.2) is 9.55 Å². The summed E-state index contributed by atoms with van der Waals surface area (Å²) in [7, 11) is 0. The summed E-state index contributed by atoms with van der Waals surface area (Å²) in [6.07, 6.45) is 2.57. The highest BCUT2D eigenvalue weighted by atomic mass is 35.5. The van der Waals surface area contributed by atoms with Crippen LogP contribution in [0.3, 0.4) is 0 Å². The second-order valence-electron chi connectivity index (χ2n) is 5.56. The van der Waals surface area contributed by atoms with Gasteiger partial charge in [-0.15, -0.1) is 11.6 Å². The van der Waals surface area contributed by atoms with Crippen LogP contribution in [0.2, 0.25) is 5.02 Å². The summed E-state index contributed by atoms with van der Waals surface area (Å²) in [5, 5.41) is 0.747. The third-order valence-corrected chi connectivity index (χ3v) is 4.43. The lowest BCUT2D eigenvalue weighted by Gasteiger charge is -2.29. The number of halogens is 2. The van der Waals surface area contributed by atoms with Crippen molar-refractivity contribution in [1.82, 2.24) is 9.55 Å². The van der Waals surface area contributed by atoms with Crippen molar-refractivity contribution in [3.63, 3.8) is 0 Å². The van der Waals surface area contributed by atoms with Crippen LogP contribution in [0.15, 0.2) is 18.2 Å². The Morgan fingerprint density at radius 3 is 2.72 bits per heavy atom. The van der Waals surface area contributed by atoms with E-state index in [1.807, 2.05) is 18.2 Å². The van der Waals surface area contributed by atoms with Crippen molar-refractivity contribution in [1.29, 1.82) is 0 Å². The van der Waals surface area contributed by atoms with Gasteiger partial charge in [0, 0.05) is 10.6 Å². The van der Waals surface area contributed by atoms with Gasteiger partial charge in [-0.1, -0.05) is 11.6 Å². The Kier molecular flexibility index (Phi) is 2.83. The number of benzene rings is 1. The van der Waals surface area contributed by atoms with E-state index in [1.54, 1.807) is 0 Å². The first-order valence-corrected chi connectivity index (χ1v) is 7.18. The van der Waals surface area contributed by atoms with Gasteiger partial charge in [-0.2, -0.15) is 0 Å². The van der Waals surface area contributed by atoms with Crippen molar-refractivity contribution in [2.45, 2.75) is 38.1 Å². The zero-order valence-electron chi connectivity index (χ0n) is 10.6. The van der Waals surface area contributed by atoms with E-state index in [1.165, 1.54) is 12.8 Å². The molecular formula is C14H16Cl2N2. The van der Waals surface area contributed by atoms with Gasteiger partial charge in [0.15, 0.2) is 0 Å². The minimum atomic E-state index is 0.0592. The van der Waals surface area contributed by atoms with Gasteiger partial charge in [0.05, 0.1) is 16.9 Å². The monoisotopic (exact) mass is 282 g/mol. The van der Waals surface area contributed by atoms with Crippen LogP contribution < -0.4 is 0 Å². The molecule has 0 N–H and O–H groups in total. The molecule has 1 aromatic carbocycles. The molecule has 2 nitrogen and oxygen atoms in total. The van der Waals surface area contributed by atoms with E-state index in [9.17, 15) is 0 Å². The maximum atomic E-state index is 6.11. The molecule has 0 radical (unpaired) electrons. The van der Waals surface area contributed by atoms with Gasteiger partial charge >= 0.3 is 0 Å². The summed E-state index contributed by atoms with van der Waals surface area (Å²) in [4.78, 5) is 4.62. The minimum Gasteiger partial charge on any atom is -0.321 e. The lowest BCUT2D eigenvalue weighted by molar-refractivity contribution is 0.306. The highest BCUT2D eigenvalue weighted by Crippen LogP contribution is 2.45. The van der Waals surface area contributed by atoms with Crippen LogP contribution in [0.1, 0.15) is 32.5 Å². The molecule has 1 fully saturated rings. The maximum absolute atomic E-state index is 6.11. The van der Waals surface area contributed by atoms with Crippen molar-refractivity contribution in [2.75, 3.05) is 0 Å². The lowest BCUT2D eigenvalue weighted by atomic mass is 9.97. The van der Waals surface area contributed by atoms with Crippen molar-refractivity contribution >= 4 is 34.2 Å². The van der Waals surface area contributed by atoms with Gasteiger partial charge in [-0.25, -0.2) is 4.98 Å². The van der Waals surface area contributed by atoms with E-state index < -0.39 is 0 Å². The molecule has 0 amide bonds. The number of aromatic nitrogens is 2. The molecule has 1 heterocycles. The van der Waals surface area contributed by atoms with Crippen LogP contribution in [0.4, 0.5) is 0 Å². The van der Waals surface area contributed by atoms with Gasteiger partial charge in [0.25, 0.3) is 0 Å². The zero-order chi connectivity index (χ0) is 12.9. The molecule has 2 aromatic rings. The molecule has 1 saturated carbocycles. The van der Waals surface area contributed by atoms with Gasteiger partial charge in [0.1, 0.15) is 5.82 Å². The standard InChI is InChI=1S/C14H16Cl2N2/c1-14(2,9-3-4-9)18-12-7-10(16)5-6-11(12)17-13(18)8-15/h5-7,9H,3-4,8H2,1-2H3. The second-order valence-corrected chi connectivity index (χ2v) is 6.26. The number of hydrogen-bond acceptors (Lipinski definition) is 1. The fourth-order valence-corrected chi connectivity index (χ4v) is 3.15. The Morgan fingerprint density at radius 2 is 2.11 bits per heavy atom. The minimum absolute atomic E-state index is 0.0592. The fraction of sp³-hybridized carbons (Fsp3) is 0.500. The topological polar surface area (TPSA) is 17.8 Å². The Bertz CT molecular complexity index is 597. The molecule has 0 bridgehead atoms. The Hall–Kier alpha value is -0.730. The molecule has 0 spiro atoms. The Labute approximate surface area is 117 Å². The second kappa shape index (κ2) is 4.14. The molecule has 1 aliphatic carbocycles. The first-order valence-electron chi connectivity index (χ1n) is 6.27. The molecule has 96 valence electrons. The van der Waals surface area contributed by atoms with Crippen LogP contribution in [0, 0.1) is 5.92 Å². The molecule has 1 aliphatic rings. The average Bonchev–Trinajstić information content (AvgIpc) is 3.10. The van der Waals surface area contributed by atoms with Crippen molar-refractivity contribution < 1.29 is 0 Å². The third kappa shape index (κ3) is 1.83. The molecular weight excluding hydrogens is 267 g/mol. The van der Waals surface area contributed by atoms with Crippen molar-refractivity contribution in [3.05, 3.63) is 29.0 Å². The van der Waals surface area contributed by atoms with Crippen LogP contribution >= 0.6 is 23.2 Å². The highest BCUT2D eigenvalue weighted by molar-refractivity contribution is 6.31. The zero-order valence-corrected chi connectivity index (χ0v) is 12.1. The Balaban J connectivity index is 2.27.